The van der Waals surface area contributed by atoms with Gasteiger partial charge in [0.1, 0.15) is 5.69 Å². The number of aromatic hydroxyl groups is 1. The van der Waals surface area contributed by atoms with Gasteiger partial charge in [-0.2, -0.15) is 4.98 Å². The number of aromatic amines is 1. The van der Waals surface area contributed by atoms with Gasteiger partial charge in [-0.1, -0.05) is 6.42 Å². The summed E-state index contributed by atoms with van der Waals surface area (Å²) >= 11 is 0. The normalized spacial score (nSPS) is 17.3. The van der Waals surface area contributed by atoms with Gasteiger partial charge in [0.15, 0.2) is 5.82 Å². The van der Waals surface area contributed by atoms with E-state index in [-0.39, 0.29) is 30.7 Å². The summed E-state index contributed by atoms with van der Waals surface area (Å²) in [6.45, 7) is 4.14. The fourth-order valence-electron chi connectivity index (χ4n) is 3.27. The van der Waals surface area contributed by atoms with Crippen LogP contribution in [0.4, 0.5) is 11.8 Å². The summed E-state index contributed by atoms with van der Waals surface area (Å²) in [6, 6.07) is 3.84. The molecule has 2 aromatic rings. The molecule has 2 aromatic heterocycles. The van der Waals surface area contributed by atoms with Gasteiger partial charge in [-0.25, -0.2) is 9.98 Å². The molecule has 0 amide bonds. The van der Waals surface area contributed by atoms with Crippen LogP contribution in [0, 0.1) is 0 Å². The minimum Gasteiger partial charge on any atom is -0.492 e. The molecule has 3 N–H and O–H groups in total. The highest BCUT2D eigenvalue weighted by Crippen LogP contribution is 2.31. The number of likely N-dealkylation sites (tertiary alicyclic amines) is 1. The van der Waals surface area contributed by atoms with Crippen molar-refractivity contribution < 1.29 is 5.11 Å². The monoisotopic (exact) mass is 410 g/mol. The second-order valence-electron chi connectivity index (χ2n) is 6.38. The zero-order valence-corrected chi connectivity index (χ0v) is 16.5. The summed E-state index contributed by atoms with van der Waals surface area (Å²) in [7, 11) is 0. The van der Waals surface area contributed by atoms with Gasteiger partial charge in [-0.15, -0.1) is 24.8 Å². The number of imidazole rings is 1. The Labute approximate surface area is 170 Å². The molecule has 2 aliphatic rings. The van der Waals surface area contributed by atoms with E-state index in [0.717, 1.165) is 24.2 Å². The number of anilines is 1. The molecule has 0 saturated carbocycles. The van der Waals surface area contributed by atoms with Crippen LogP contribution in [-0.4, -0.2) is 57.4 Å². The standard InChI is InChI=1S/C18H22N6O.2ClH/c25-17-15(11-13-12-21-16-14(13)5-4-6-19-16)22-18(23-17)20-7-10-24-8-2-1-3-9-24;;/h4-6,11-12,25H,1-3,7-10H2,(H2,20,22,23);2*1H/b13-11+;;. The number of hydrogen-bond acceptors (Lipinski definition) is 6. The van der Waals surface area contributed by atoms with E-state index in [2.05, 4.69) is 30.2 Å². The lowest BCUT2D eigenvalue weighted by Crippen LogP contribution is -2.33. The van der Waals surface area contributed by atoms with Crippen LogP contribution in [0.15, 0.2) is 23.3 Å². The third-order valence-corrected chi connectivity index (χ3v) is 4.60. The van der Waals surface area contributed by atoms with Crippen molar-refractivity contribution in [3.63, 3.8) is 0 Å². The quantitative estimate of drug-likeness (QED) is 0.701. The third kappa shape index (κ3) is 5.00. The number of piperidine rings is 1. The van der Waals surface area contributed by atoms with Crippen molar-refractivity contribution in [3.05, 3.63) is 29.6 Å². The van der Waals surface area contributed by atoms with Crippen LogP contribution < -0.4 is 5.32 Å². The molecule has 0 radical (unpaired) electrons. The highest BCUT2D eigenvalue weighted by molar-refractivity contribution is 6.20. The van der Waals surface area contributed by atoms with Gasteiger partial charge in [-0.3, -0.25) is 0 Å². The average Bonchev–Trinajstić information content (AvgIpc) is 3.20. The molecular weight excluding hydrogens is 387 g/mol. The number of fused-ring (bicyclic) bond motifs is 1. The lowest BCUT2D eigenvalue weighted by molar-refractivity contribution is 0.237. The number of rotatable bonds is 5. The summed E-state index contributed by atoms with van der Waals surface area (Å²) in [4.78, 5) is 18.2. The maximum atomic E-state index is 10.1. The number of aliphatic imine (C=N–C) groups is 1. The van der Waals surface area contributed by atoms with Crippen LogP contribution in [0.25, 0.3) is 11.6 Å². The van der Waals surface area contributed by atoms with Gasteiger partial charge in [0, 0.05) is 36.6 Å². The number of H-pyrrole nitrogens is 1. The molecule has 4 heterocycles. The maximum Gasteiger partial charge on any atom is 0.238 e. The van der Waals surface area contributed by atoms with Crippen LogP contribution >= 0.6 is 24.8 Å². The minimum absolute atomic E-state index is 0. The number of hydrogen-bond donors (Lipinski definition) is 3. The Morgan fingerprint density at radius 2 is 2.04 bits per heavy atom. The summed E-state index contributed by atoms with van der Waals surface area (Å²) in [5.41, 5.74) is 2.43. The second kappa shape index (κ2) is 9.73. The molecule has 0 atom stereocenters. The highest BCUT2D eigenvalue weighted by Gasteiger charge is 2.15. The van der Waals surface area contributed by atoms with Crippen molar-refractivity contribution in [2.24, 2.45) is 4.99 Å². The minimum atomic E-state index is -0.0151. The maximum absolute atomic E-state index is 10.1. The van der Waals surface area contributed by atoms with Crippen molar-refractivity contribution in [1.29, 1.82) is 0 Å². The van der Waals surface area contributed by atoms with E-state index in [1.165, 1.54) is 32.4 Å². The first kappa shape index (κ1) is 21.2. The zero-order valence-electron chi connectivity index (χ0n) is 14.9. The predicted octanol–water partition coefficient (Wildman–Crippen LogP) is 3.51. The topological polar surface area (TPSA) is 89.4 Å². The van der Waals surface area contributed by atoms with Crippen LogP contribution in [-0.2, 0) is 0 Å². The van der Waals surface area contributed by atoms with Gasteiger partial charge in [0.25, 0.3) is 0 Å². The van der Waals surface area contributed by atoms with Gasteiger partial charge in [0.05, 0.1) is 0 Å². The summed E-state index contributed by atoms with van der Waals surface area (Å²) in [6.07, 6.45) is 9.23. The Balaban J connectivity index is 0.00000131. The van der Waals surface area contributed by atoms with Gasteiger partial charge in [0.2, 0.25) is 11.8 Å². The van der Waals surface area contributed by atoms with Crippen molar-refractivity contribution in [2.45, 2.75) is 19.3 Å². The number of allylic oxidation sites excluding steroid dienone is 1. The third-order valence-electron chi connectivity index (χ3n) is 4.60. The van der Waals surface area contributed by atoms with Crippen molar-refractivity contribution in [3.8, 4) is 5.88 Å². The number of nitrogens with one attached hydrogen (secondary N) is 2. The number of aromatic nitrogens is 3. The smallest absolute Gasteiger partial charge is 0.238 e. The largest absolute Gasteiger partial charge is 0.492 e. The highest BCUT2D eigenvalue weighted by atomic mass is 35.5. The molecular formula is C18H24Cl2N6O. The first-order valence-electron chi connectivity index (χ1n) is 8.76. The number of pyridine rings is 1. The van der Waals surface area contributed by atoms with Crippen molar-refractivity contribution in [2.75, 3.05) is 31.5 Å². The van der Waals surface area contributed by atoms with Crippen molar-refractivity contribution in [1.82, 2.24) is 19.9 Å². The first-order valence-corrected chi connectivity index (χ1v) is 8.76. The zero-order chi connectivity index (χ0) is 17.1. The lowest BCUT2D eigenvalue weighted by atomic mass is 10.1. The molecule has 0 aromatic carbocycles. The van der Waals surface area contributed by atoms with E-state index in [1.54, 1.807) is 12.4 Å². The Kier molecular flexibility index (Phi) is 7.65. The number of nitrogens with zero attached hydrogens (tertiary/aromatic N) is 4. The van der Waals surface area contributed by atoms with Crippen molar-refractivity contribution >= 4 is 54.4 Å². The van der Waals surface area contributed by atoms with Gasteiger partial charge >= 0.3 is 0 Å². The summed E-state index contributed by atoms with van der Waals surface area (Å²) in [5.74, 6) is 1.27. The van der Waals surface area contributed by atoms with E-state index in [1.807, 2.05) is 18.2 Å². The Hall–Kier alpha value is -2.09. The van der Waals surface area contributed by atoms with Crippen LogP contribution in [0.3, 0.4) is 0 Å². The predicted molar refractivity (Wildman–Crippen MR) is 114 cm³/mol. The Morgan fingerprint density at radius 3 is 2.85 bits per heavy atom. The molecule has 2 aliphatic heterocycles. The summed E-state index contributed by atoms with van der Waals surface area (Å²) in [5, 5.41) is 13.3. The molecule has 146 valence electrons. The lowest BCUT2D eigenvalue weighted by Gasteiger charge is -2.26. The molecule has 1 fully saturated rings. The fraction of sp³-hybridized carbons (Fsp3) is 0.389. The van der Waals surface area contributed by atoms with Gasteiger partial charge < -0.3 is 20.3 Å². The Morgan fingerprint density at radius 1 is 1.22 bits per heavy atom. The average molecular weight is 411 g/mol. The molecule has 0 aliphatic carbocycles. The molecule has 0 bridgehead atoms. The van der Waals surface area contributed by atoms with Crippen LogP contribution in [0.2, 0.25) is 0 Å². The first-order chi connectivity index (χ1) is 12.3. The van der Waals surface area contributed by atoms with E-state index in [4.69, 9.17) is 0 Å². The van der Waals surface area contributed by atoms with E-state index in [0.29, 0.717) is 17.5 Å². The van der Waals surface area contributed by atoms with Gasteiger partial charge in [-0.05, 0) is 44.1 Å². The van der Waals surface area contributed by atoms with Crippen LogP contribution in [0.1, 0.15) is 30.5 Å². The molecule has 7 nitrogen and oxygen atoms in total. The molecule has 27 heavy (non-hydrogen) atoms. The summed E-state index contributed by atoms with van der Waals surface area (Å²) < 4.78 is 0. The van der Waals surface area contributed by atoms with E-state index >= 15 is 0 Å². The molecule has 0 spiro atoms. The second-order valence-corrected chi connectivity index (χ2v) is 6.38. The van der Waals surface area contributed by atoms with E-state index < -0.39 is 0 Å². The number of halogens is 2. The molecule has 9 heteroatoms. The van der Waals surface area contributed by atoms with E-state index in [9.17, 15) is 5.11 Å². The fourth-order valence-corrected chi connectivity index (χ4v) is 3.27. The Bertz CT molecular complexity index is 814. The molecule has 1 saturated heterocycles. The SMILES string of the molecule is Cl.Cl.Oc1nc(NCCN2CCCCC2)[nH]c1/C=C1\C=Nc2ncccc21. The van der Waals surface area contributed by atoms with Crippen LogP contribution in [0.5, 0.6) is 5.88 Å². The molecule has 4 rings (SSSR count). The molecule has 0 unspecified atom stereocenters.